The summed E-state index contributed by atoms with van der Waals surface area (Å²) in [7, 11) is 1.60. The minimum Gasteiger partial charge on any atom is -0.383 e. The summed E-state index contributed by atoms with van der Waals surface area (Å²) in [6.07, 6.45) is 3.80. The van der Waals surface area contributed by atoms with Crippen molar-refractivity contribution in [2.24, 2.45) is 0 Å². The molecule has 0 saturated carbocycles. The molecule has 0 aromatic heterocycles. The van der Waals surface area contributed by atoms with Crippen LogP contribution in [0.2, 0.25) is 0 Å². The van der Waals surface area contributed by atoms with Crippen LogP contribution in [0.5, 0.6) is 0 Å². The molecular formula is C10H20ClNO2. The van der Waals surface area contributed by atoms with Gasteiger partial charge in [0.2, 0.25) is 5.91 Å². The predicted octanol–water partition coefficient (Wildman–Crippen LogP) is 1.94. The van der Waals surface area contributed by atoms with Crippen LogP contribution in [0, 0.1) is 0 Å². The van der Waals surface area contributed by atoms with E-state index in [2.05, 4.69) is 12.2 Å². The van der Waals surface area contributed by atoms with Gasteiger partial charge in [-0.25, -0.2) is 0 Å². The van der Waals surface area contributed by atoms with E-state index in [1.165, 1.54) is 0 Å². The summed E-state index contributed by atoms with van der Waals surface area (Å²) in [5, 5.41) is 2.65. The molecule has 84 valence electrons. The van der Waals surface area contributed by atoms with Crippen LogP contribution in [0.1, 0.15) is 32.6 Å². The van der Waals surface area contributed by atoms with E-state index in [4.69, 9.17) is 16.3 Å². The highest BCUT2D eigenvalue weighted by Crippen LogP contribution is 1.99. The highest BCUT2D eigenvalue weighted by molar-refractivity contribution is 6.21. The minimum absolute atomic E-state index is 0.0835. The second-order valence-electron chi connectivity index (χ2n) is 3.31. The van der Waals surface area contributed by atoms with Crippen LogP contribution >= 0.6 is 11.6 Å². The van der Waals surface area contributed by atoms with Gasteiger partial charge in [-0.15, -0.1) is 11.6 Å². The maximum atomic E-state index is 11.2. The normalized spacial score (nSPS) is 12.5. The molecule has 0 radical (unpaired) electrons. The fraction of sp³-hybridized carbons (Fsp3) is 0.900. The van der Waals surface area contributed by atoms with Crippen molar-refractivity contribution in [3.8, 4) is 0 Å². The number of nitrogens with one attached hydrogen (secondary N) is 1. The number of halogens is 1. The fourth-order valence-corrected chi connectivity index (χ4v) is 1.29. The van der Waals surface area contributed by atoms with E-state index in [1.807, 2.05) is 0 Å². The Morgan fingerprint density at radius 2 is 2.21 bits per heavy atom. The molecule has 0 aliphatic rings. The second kappa shape index (κ2) is 9.28. The highest BCUT2D eigenvalue weighted by Gasteiger charge is 2.06. The first-order valence-corrected chi connectivity index (χ1v) is 5.54. The van der Waals surface area contributed by atoms with Crippen molar-refractivity contribution >= 4 is 17.5 Å². The maximum Gasteiger partial charge on any atom is 0.220 e. The van der Waals surface area contributed by atoms with Gasteiger partial charge in [0.25, 0.3) is 0 Å². The Bertz CT molecular complexity index is 153. The number of rotatable bonds is 8. The molecule has 1 atom stereocenters. The van der Waals surface area contributed by atoms with Gasteiger partial charge in [-0.3, -0.25) is 4.79 Å². The van der Waals surface area contributed by atoms with Crippen LogP contribution in [-0.4, -0.2) is 31.5 Å². The van der Waals surface area contributed by atoms with Crippen LogP contribution in [-0.2, 0) is 9.53 Å². The Morgan fingerprint density at radius 1 is 1.50 bits per heavy atom. The zero-order valence-electron chi connectivity index (χ0n) is 9.01. The third-order valence-electron chi connectivity index (χ3n) is 1.88. The number of alkyl halides is 1. The number of unbranched alkanes of at least 4 members (excludes halogenated alkanes) is 2. The van der Waals surface area contributed by atoms with Gasteiger partial charge in [0.15, 0.2) is 0 Å². The molecule has 1 amide bonds. The average molecular weight is 222 g/mol. The van der Waals surface area contributed by atoms with Gasteiger partial charge in [-0.05, 0) is 6.42 Å². The van der Waals surface area contributed by atoms with E-state index in [0.29, 0.717) is 19.6 Å². The minimum atomic E-state index is -0.130. The molecule has 4 heteroatoms. The Morgan fingerprint density at radius 3 is 2.79 bits per heavy atom. The van der Waals surface area contributed by atoms with Gasteiger partial charge in [0.05, 0.1) is 12.0 Å². The number of hydrogen-bond acceptors (Lipinski definition) is 2. The molecule has 0 bridgehead atoms. The first kappa shape index (κ1) is 13.7. The number of hydrogen-bond donors (Lipinski definition) is 1. The summed E-state index contributed by atoms with van der Waals surface area (Å²) in [4.78, 5) is 11.2. The van der Waals surface area contributed by atoms with E-state index in [1.54, 1.807) is 7.11 Å². The van der Waals surface area contributed by atoms with Crippen molar-refractivity contribution in [1.29, 1.82) is 0 Å². The largest absolute Gasteiger partial charge is 0.383 e. The van der Waals surface area contributed by atoms with Gasteiger partial charge in [-0.1, -0.05) is 19.8 Å². The SMILES string of the molecule is CCCCCC(=O)NCC(Cl)COC. The quantitative estimate of drug-likeness (QED) is 0.503. The van der Waals surface area contributed by atoms with Crippen molar-refractivity contribution in [3.63, 3.8) is 0 Å². The number of methoxy groups -OCH3 is 1. The molecule has 1 unspecified atom stereocenters. The fourth-order valence-electron chi connectivity index (χ4n) is 1.09. The summed E-state index contributed by atoms with van der Waals surface area (Å²) < 4.78 is 4.85. The van der Waals surface area contributed by atoms with Crippen molar-refractivity contribution in [2.75, 3.05) is 20.3 Å². The lowest BCUT2D eigenvalue weighted by molar-refractivity contribution is -0.121. The van der Waals surface area contributed by atoms with Crippen LogP contribution in [0.15, 0.2) is 0 Å². The lowest BCUT2D eigenvalue weighted by Gasteiger charge is -2.09. The molecule has 0 fully saturated rings. The summed E-state index contributed by atoms with van der Waals surface area (Å²) in [6.45, 7) is 3.07. The molecule has 0 rings (SSSR count). The van der Waals surface area contributed by atoms with Crippen molar-refractivity contribution in [2.45, 2.75) is 38.0 Å². The van der Waals surface area contributed by atoms with Crippen molar-refractivity contribution < 1.29 is 9.53 Å². The monoisotopic (exact) mass is 221 g/mol. The van der Waals surface area contributed by atoms with Crippen LogP contribution in [0.25, 0.3) is 0 Å². The first-order chi connectivity index (χ1) is 6.70. The summed E-state index contributed by atoms with van der Waals surface area (Å²) in [5.74, 6) is 0.0835. The van der Waals surface area contributed by atoms with E-state index in [-0.39, 0.29) is 11.3 Å². The molecule has 0 heterocycles. The topological polar surface area (TPSA) is 38.3 Å². The first-order valence-electron chi connectivity index (χ1n) is 5.10. The lowest BCUT2D eigenvalue weighted by atomic mass is 10.2. The zero-order valence-corrected chi connectivity index (χ0v) is 9.77. The Balaban J connectivity index is 3.34. The van der Waals surface area contributed by atoms with E-state index < -0.39 is 0 Å². The number of ether oxygens (including phenoxy) is 1. The Labute approximate surface area is 91.2 Å². The average Bonchev–Trinajstić information content (AvgIpc) is 2.16. The van der Waals surface area contributed by atoms with E-state index in [0.717, 1.165) is 19.3 Å². The summed E-state index contributed by atoms with van der Waals surface area (Å²) >= 11 is 5.85. The molecule has 0 aromatic rings. The second-order valence-corrected chi connectivity index (χ2v) is 3.93. The molecular weight excluding hydrogens is 202 g/mol. The molecule has 0 spiro atoms. The molecule has 0 saturated heterocycles. The van der Waals surface area contributed by atoms with Crippen molar-refractivity contribution in [3.05, 3.63) is 0 Å². The molecule has 14 heavy (non-hydrogen) atoms. The zero-order chi connectivity index (χ0) is 10.8. The summed E-state index contributed by atoms with van der Waals surface area (Å²) in [5.41, 5.74) is 0. The molecule has 0 aliphatic carbocycles. The number of carbonyl (C=O) groups is 1. The molecule has 1 N–H and O–H groups in total. The van der Waals surface area contributed by atoms with Crippen molar-refractivity contribution in [1.82, 2.24) is 5.32 Å². The van der Waals surface area contributed by atoms with Gasteiger partial charge in [0, 0.05) is 20.1 Å². The van der Waals surface area contributed by atoms with Crippen LogP contribution < -0.4 is 5.32 Å². The van der Waals surface area contributed by atoms with Gasteiger partial charge < -0.3 is 10.1 Å². The van der Waals surface area contributed by atoms with Gasteiger partial charge >= 0.3 is 0 Å². The molecule has 3 nitrogen and oxygen atoms in total. The maximum absolute atomic E-state index is 11.2. The summed E-state index contributed by atoms with van der Waals surface area (Å²) in [6, 6.07) is 0. The smallest absolute Gasteiger partial charge is 0.220 e. The Kier molecular flexibility index (Phi) is 9.10. The van der Waals surface area contributed by atoms with Crippen LogP contribution in [0.4, 0.5) is 0 Å². The molecule has 0 aliphatic heterocycles. The lowest BCUT2D eigenvalue weighted by Crippen LogP contribution is -2.31. The third-order valence-corrected chi connectivity index (χ3v) is 2.16. The highest BCUT2D eigenvalue weighted by atomic mass is 35.5. The third kappa shape index (κ3) is 8.32. The predicted molar refractivity (Wildman–Crippen MR) is 58.7 cm³/mol. The molecule has 0 aromatic carbocycles. The number of carbonyl (C=O) groups excluding carboxylic acids is 1. The van der Waals surface area contributed by atoms with E-state index >= 15 is 0 Å². The van der Waals surface area contributed by atoms with E-state index in [9.17, 15) is 4.79 Å². The standard InChI is InChI=1S/C10H20ClNO2/c1-3-4-5-6-10(13)12-7-9(11)8-14-2/h9H,3-8H2,1-2H3,(H,12,13). The van der Waals surface area contributed by atoms with Gasteiger partial charge in [0.1, 0.15) is 0 Å². The Hall–Kier alpha value is -0.280. The van der Waals surface area contributed by atoms with Gasteiger partial charge in [-0.2, -0.15) is 0 Å². The van der Waals surface area contributed by atoms with Crippen LogP contribution in [0.3, 0.4) is 0 Å². The number of amides is 1.